The highest BCUT2D eigenvalue weighted by molar-refractivity contribution is 5.99. The second kappa shape index (κ2) is 9.20. The third kappa shape index (κ3) is 4.87. The predicted molar refractivity (Wildman–Crippen MR) is 96.0 cm³/mol. The van der Waals surface area contributed by atoms with Crippen molar-refractivity contribution >= 4 is 17.6 Å². The van der Waals surface area contributed by atoms with E-state index in [0.717, 1.165) is 0 Å². The molecule has 1 aliphatic rings. The van der Waals surface area contributed by atoms with Crippen molar-refractivity contribution in [1.29, 1.82) is 0 Å². The Kier molecular flexibility index (Phi) is 6.98. The van der Waals surface area contributed by atoms with E-state index in [-0.39, 0.29) is 40.7 Å². The maximum atomic E-state index is 12.6. The highest BCUT2D eigenvalue weighted by Gasteiger charge is 2.33. The van der Waals surface area contributed by atoms with Gasteiger partial charge in [0.2, 0.25) is 0 Å². The number of ether oxygens (including phenoxy) is 3. The number of esters is 1. The molecule has 9 nitrogen and oxygen atoms in total. The molecule has 0 aliphatic heterocycles. The Hall–Kier alpha value is -2.84. The summed E-state index contributed by atoms with van der Waals surface area (Å²) in [4.78, 5) is 35.2. The topological polar surface area (TPSA) is 117 Å². The zero-order valence-electron chi connectivity index (χ0n) is 15.6. The predicted octanol–water partition coefficient (Wildman–Crippen LogP) is 2.46. The third-order valence-electron chi connectivity index (χ3n) is 4.41. The minimum atomic E-state index is -0.632. The lowest BCUT2D eigenvalue weighted by Crippen LogP contribution is -2.34. The second-order valence-corrected chi connectivity index (χ2v) is 6.14. The molecule has 0 heterocycles. The van der Waals surface area contributed by atoms with E-state index in [1.165, 1.54) is 19.2 Å². The number of nitro benzene ring substituents is 1. The molecule has 2 rings (SSSR count). The molecule has 148 valence electrons. The number of nitrogens with zero attached hydrogens (tertiary/aromatic N) is 1. The minimum Gasteiger partial charge on any atom is -0.493 e. The summed E-state index contributed by atoms with van der Waals surface area (Å²) in [6.45, 7) is 4.09. The van der Waals surface area contributed by atoms with Crippen LogP contribution in [0.4, 0.5) is 5.69 Å². The fraction of sp³-hybridized carbons (Fsp3) is 0.556. The summed E-state index contributed by atoms with van der Waals surface area (Å²) < 4.78 is 15.5. The lowest BCUT2D eigenvalue weighted by Gasteiger charge is -2.15. The van der Waals surface area contributed by atoms with E-state index in [2.05, 4.69) is 5.32 Å². The minimum absolute atomic E-state index is 0.111. The summed E-state index contributed by atoms with van der Waals surface area (Å²) in [5.41, 5.74) is -0.475. The number of carbonyl (C=O) groups excluding carboxylic acids is 2. The van der Waals surface area contributed by atoms with Crippen LogP contribution >= 0.6 is 0 Å². The van der Waals surface area contributed by atoms with Gasteiger partial charge in [-0.25, -0.2) is 0 Å². The highest BCUT2D eigenvalue weighted by atomic mass is 16.6. The summed E-state index contributed by atoms with van der Waals surface area (Å²) in [5, 5.41) is 14.2. The van der Waals surface area contributed by atoms with Crippen LogP contribution in [-0.4, -0.2) is 43.2 Å². The molecule has 2 atom stereocenters. The van der Waals surface area contributed by atoms with Gasteiger partial charge in [-0.1, -0.05) is 0 Å². The number of nitro groups is 1. The summed E-state index contributed by atoms with van der Waals surface area (Å²) >= 11 is 0. The number of benzene rings is 1. The number of nitrogens with one attached hydrogen (secondary N) is 1. The van der Waals surface area contributed by atoms with Gasteiger partial charge in [0, 0.05) is 12.1 Å². The molecule has 1 saturated carbocycles. The Labute approximate surface area is 157 Å². The van der Waals surface area contributed by atoms with Crippen LogP contribution in [0.2, 0.25) is 0 Å². The zero-order chi connectivity index (χ0) is 20.0. The molecule has 27 heavy (non-hydrogen) atoms. The zero-order valence-corrected chi connectivity index (χ0v) is 15.6. The van der Waals surface area contributed by atoms with Gasteiger partial charge >= 0.3 is 5.97 Å². The van der Waals surface area contributed by atoms with Crippen molar-refractivity contribution in [3.63, 3.8) is 0 Å². The molecule has 0 saturated heterocycles. The third-order valence-corrected chi connectivity index (χ3v) is 4.41. The van der Waals surface area contributed by atoms with E-state index in [0.29, 0.717) is 32.5 Å². The van der Waals surface area contributed by atoms with Gasteiger partial charge in [-0.15, -0.1) is 0 Å². The molecular weight excluding hydrogens is 356 g/mol. The molecular formula is C18H24N2O7. The number of rotatable bonds is 8. The van der Waals surface area contributed by atoms with Crippen molar-refractivity contribution in [3.05, 3.63) is 27.8 Å². The van der Waals surface area contributed by atoms with Crippen molar-refractivity contribution in [2.24, 2.45) is 5.92 Å². The first-order valence-electron chi connectivity index (χ1n) is 8.87. The molecule has 1 aromatic rings. The Balaban J connectivity index is 2.18. The van der Waals surface area contributed by atoms with Gasteiger partial charge in [0.15, 0.2) is 11.5 Å². The standard InChI is InChI=1S/C18H24N2O7/c1-4-26-16-10-14(20(23)24)13(9-15(16)25-3)17(21)19-12-7-6-11(8-12)18(22)27-5-2/h9-12H,4-8H2,1-3H3,(H,19,21). The van der Waals surface area contributed by atoms with Crippen molar-refractivity contribution < 1.29 is 28.7 Å². The number of methoxy groups -OCH3 is 1. The first kappa shape index (κ1) is 20.5. The van der Waals surface area contributed by atoms with Gasteiger partial charge in [0.1, 0.15) is 5.56 Å². The van der Waals surface area contributed by atoms with E-state index < -0.39 is 10.8 Å². The average molecular weight is 380 g/mol. The normalized spacial score (nSPS) is 18.6. The van der Waals surface area contributed by atoms with Crippen LogP contribution < -0.4 is 14.8 Å². The van der Waals surface area contributed by atoms with Gasteiger partial charge in [0.25, 0.3) is 11.6 Å². The molecule has 9 heteroatoms. The van der Waals surface area contributed by atoms with Gasteiger partial charge in [-0.3, -0.25) is 19.7 Å². The fourth-order valence-corrected chi connectivity index (χ4v) is 3.16. The van der Waals surface area contributed by atoms with Gasteiger partial charge in [-0.2, -0.15) is 0 Å². The first-order valence-corrected chi connectivity index (χ1v) is 8.87. The number of carbonyl (C=O) groups is 2. The summed E-state index contributed by atoms with van der Waals surface area (Å²) in [5.74, 6) is -0.685. The molecule has 0 radical (unpaired) electrons. The van der Waals surface area contributed by atoms with Crippen LogP contribution in [0.3, 0.4) is 0 Å². The van der Waals surface area contributed by atoms with Gasteiger partial charge < -0.3 is 19.5 Å². The molecule has 1 aliphatic carbocycles. The Morgan fingerprint density at radius 1 is 1.22 bits per heavy atom. The molecule has 0 aromatic heterocycles. The molecule has 1 N–H and O–H groups in total. The van der Waals surface area contributed by atoms with E-state index >= 15 is 0 Å². The largest absolute Gasteiger partial charge is 0.493 e. The molecule has 2 unspecified atom stereocenters. The summed E-state index contributed by atoms with van der Waals surface area (Å²) in [7, 11) is 1.40. The van der Waals surface area contributed by atoms with Crippen LogP contribution in [0.15, 0.2) is 12.1 Å². The average Bonchev–Trinajstić information content (AvgIpc) is 3.10. The molecule has 1 aromatic carbocycles. The van der Waals surface area contributed by atoms with Crippen LogP contribution in [0, 0.1) is 16.0 Å². The quantitative estimate of drug-likeness (QED) is 0.418. The molecule has 0 spiro atoms. The lowest BCUT2D eigenvalue weighted by molar-refractivity contribution is -0.385. The number of hydrogen-bond acceptors (Lipinski definition) is 7. The van der Waals surface area contributed by atoms with Gasteiger partial charge in [-0.05, 0) is 33.1 Å². The Morgan fingerprint density at radius 3 is 2.56 bits per heavy atom. The van der Waals surface area contributed by atoms with E-state index in [9.17, 15) is 19.7 Å². The van der Waals surface area contributed by atoms with Crippen LogP contribution in [-0.2, 0) is 9.53 Å². The smallest absolute Gasteiger partial charge is 0.308 e. The van der Waals surface area contributed by atoms with Crippen molar-refractivity contribution in [2.75, 3.05) is 20.3 Å². The van der Waals surface area contributed by atoms with E-state index in [1.807, 2.05) is 0 Å². The lowest BCUT2D eigenvalue weighted by atomic mass is 10.1. The SMILES string of the molecule is CCOC(=O)C1CCC(NC(=O)c2cc(OC)c(OCC)cc2[N+](=O)[O-])C1. The van der Waals surface area contributed by atoms with Crippen molar-refractivity contribution in [3.8, 4) is 11.5 Å². The molecule has 1 fully saturated rings. The Morgan fingerprint density at radius 2 is 1.96 bits per heavy atom. The summed E-state index contributed by atoms with van der Waals surface area (Å²) in [6, 6.07) is 2.24. The number of hydrogen-bond donors (Lipinski definition) is 1. The van der Waals surface area contributed by atoms with E-state index in [1.54, 1.807) is 13.8 Å². The van der Waals surface area contributed by atoms with Crippen molar-refractivity contribution in [2.45, 2.75) is 39.2 Å². The number of amides is 1. The van der Waals surface area contributed by atoms with Crippen LogP contribution in [0.1, 0.15) is 43.5 Å². The first-order chi connectivity index (χ1) is 12.9. The van der Waals surface area contributed by atoms with Crippen LogP contribution in [0.25, 0.3) is 0 Å². The molecule has 1 amide bonds. The van der Waals surface area contributed by atoms with Crippen LogP contribution in [0.5, 0.6) is 11.5 Å². The monoisotopic (exact) mass is 380 g/mol. The van der Waals surface area contributed by atoms with E-state index in [4.69, 9.17) is 14.2 Å². The maximum absolute atomic E-state index is 12.6. The van der Waals surface area contributed by atoms with Gasteiger partial charge in [0.05, 0.1) is 37.2 Å². The highest BCUT2D eigenvalue weighted by Crippen LogP contribution is 2.35. The Bertz CT molecular complexity index is 720. The molecule has 0 bridgehead atoms. The summed E-state index contributed by atoms with van der Waals surface area (Å²) in [6.07, 6.45) is 1.67. The maximum Gasteiger partial charge on any atom is 0.308 e. The van der Waals surface area contributed by atoms with Crippen molar-refractivity contribution in [1.82, 2.24) is 5.32 Å². The second-order valence-electron chi connectivity index (χ2n) is 6.14. The fourth-order valence-electron chi connectivity index (χ4n) is 3.16.